The van der Waals surface area contributed by atoms with Gasteiger partial charge in [0, 0.05) is 38.7 Å². The third-order valence-electron chi connectivity index (χ3n) is 3.99. The molecule has 0 atom stereocenters. The standard InChI is InChI=1S/C17H25N3O3/c1-13(23)4-3-5-17-18-15-12-14(6-7-16(15)19(17)2)20(8-10-21)9-11-22/h6-7,12,21-22H,3-5,8-11H2,1-2H3. The van der Waals surface area contributed by atoms with Gasteiger partial charge in [-0.15, -0.1) is 0 Å². The first-order valence-corrected chi connectivity index (χ1v) is 7.98. The Labute approximate surface area is 136 Å². The molecule has 1 aromatic carbocycles. The van der Waals surface area contributed by atoms with Gasteiger partial charge in [0.2, 0.25) is 0 Å². The maximum absolute atomic E-state index is 11.1. The van der Waals surface area contributed by atoms with Crippen LogP contribution in [0.5, 0.6) is 0 Å². The van der Waals surface area contributed by atoms with E-state index in [1.165, 1.54) is 0 Å². The van der Waals surface area contributed by atoms with Crippen LogP contribution in [0.1, 0.15) is 25.6 Å². The molecule has 2 N–H and O–H groups in total. The SMILES string of the molecule is CC(=O)CCCc1nc2cc(N(CCO)CCO)ccc2n1C. The van der Waals surface area contributed by atoms with Gasteiger partial charge >= 0.3 is 0 Å². The highest BCUT2D eigenvalue weighted by Gasteiger charge is 2.11. The summed E-state index contributed by atoms with van der Waals surface area (Å²) >= 11 is 0. The highest BCUT2D eigenvalue weighted by atomic mass is 16.3. The molecule has 0 spiro atoms. The molecule has 2 rings (SSSR count). The van der Waals surface area contributed by atoms with Crippen molar-refractivity contribution in [3.8, 4) is 0 Å². The average molecular weight is 319 g/mol. The highest BCUT2D eigenvalue weighted by molar-refractivity contribution is 5.80. The van der Waals surface area contributed by atoms with E-state index in [-0.39, 0.29) is 19.0 Å². The quantitative estimate of drug-likeness (QED) is 0.728. The Hall–Kier alpha value is -1.92. The molecule has 1 aromatic heterocycles. The van der Waals surface area contributed by atoms with Gasteiger partial charge in [0.1, 0.15) is 11.6 Å². The first kappa shape index (κ1) is 17.4. The first-order chi connectivity index (χ1) is 11.1. The maximum Gasteiger partial charge on any atom is 0.129 e. The lowest BCUT2D eigenvalue weighted by Gasteiger charge is -2.22. The zero-order chi connectivity index (χ0) is 16.8. The van der Waals surface area contributed by atoms with E-state index in [2.05, 4.69) is 9.55 Å². The predicted molar refractivity (Wildman–Crippen MR) is 90.7 cm³/mol. The summed E-state index contributed by atoms with van der Waals surface area (Å²) in [6.07, 6.45) is 2.16. The minimum absolute atomic E-state index is 0.0382. The van der Waals surface area contributed by atoms with Gasteiger partial charge in [-0.3, -0.25) is 0 Å². The Morgan fingerprint density at radius 3 is 2.57 bits per heavy atom. The number of hydrogen-bond donors (Lipinski definition) is 2. The smallest absolute Gasteiger partial charge is 0.129 e. The van der Waals surface area contributed by atoms with Gasteiger partial charge in [-0.2, -0.15) is 0 Å². The normalized spacial score (nSPS) is 11.1. The Kier molecular flexibility index (Phi) is 6.12. The molecule has 2 aromatic rings. The van der Waals surface area contributed by atoms with E-state index >= 15 is 0 Å². The highest BCUT2D eigenvalue weighted by Crippen LogP contribution is 2.23. The number of aliphatic hydroxyl groups is 2. The van der Waals surface area contributed by atoms with E-state index in [1.54, 1.807) is 6.92 Å². The topological polar surface area (TPSA) is 78.6 Å². The number of carbonyl (C=O) groups excluding carboxylic acids is 1. The van der Waals surface area contributed by atoms with Gasteiger partial charge in [-0.05, 0) is 31.5 Å². The predicted octanol–water partition coefficient (Wildman–Crippen LogP) is 1.28. The molecule has 0 saturated carbocycles. The Bertz CT molecular complexity index is 660. The van der Waals surface area contributed by atoms with Crippen molar-refractivity contribution in [2.24, 2.45) is 7.05 Å². The van der Waals surface area contributed by atoms with Crippen molar-refractivity contribution in [2.75, 3.05) is 31.2 Å². The van der Waals surface area contributed by atoms with Crippen LogP contribution in [-0.2, 0) is 18.3 Å². The summed E-state index contributed by atoms with van der Waals surface area (Å²) in [6, 6.07) is 5.97. The van der Waals surface area contributed by atoms with E-state index in [0.29, 0.717) is 19.5 Å². The monoisotopic (exact) mass is 319 g/mol. The Balaban J connectivity index is 2.23. The molecule has 6 nitrogen and oxygen atoms in total. The molecule has 1 heterocycles. The second kappa shape index (κ2) is 8.08. The number of carbonyl (C=O) groups is 1. The van der Waals surface area contributed by atoms with Crippen LogP contribution in [0.25, 0.3) is 11.0 Å². The number of anilines is 1. The molecule has 6 heteroatoms. The van der Waals surface area contributed by atoms with Gasteiger partial charge in [-0.1, -0.05) is 0 Å². The zero-order valence-corrected chi connectivity index (χ0v) is 13.8. The molecule has 0 fully saturated rings. The van der Waals surface area contributed by atoms with Crippen molar-refractivity contribution in [3.63, 3.8) is 0 Å². The zero-order valence-electron chi connectivity index (χ0n) is 13.8. The van der Waals surface area contributed by atoms with Crippen molar-refractivity contribution in [1.82, 2.24) is 9.55 Å². The van der Waals surface area contributed by atoms with Crippen molar-refractivity contribution in [1.29, 1.82) is 0 Å². The van der Waals surface area contributed by atoms with Crippen LogP contribution < -0.4 is 4.90 Å². The first-order valence-electron chi connectivity index (χ1n) is 7.98. The number of aliphatic hydroxyl groups excluding tert-OH is 2. The second-order valence-electron chi connectivity index (χ2n) is 5.75. The van der Waals surface area contributed by atoms with Crippen LogP contribution in [0.4, 0.5) is 5.69 Å². The number of imidazole rings is 1. The fourth-order valence-corrected chi connectivity index (χ4v) is 2.77. The van der Waals surface area contributed by atoms with Gasteiger partial charge < -0.3 is 24.5 Å². The molecule has 126 valence electrons. The Morgan fingerprint density at radius 1 is 1.26 bits per heavy atom. The van der Waals surface area contributed by atoms with Crippen LogP contribution in [0, 0.1) is 0 Å². The molecule has 0 aliphatic heterocycles. The van der Waals surface area contributed by atoms with Crippen molar-refractivity contribution in [2.45, 2.75) is 26.2 Å². The minimum atomic E-state index is 0.0382. The van der Waals surface area contributed by atoms with Gasteiger partial charge in [-0.25, -0.2) is 4.98 Å². The second-order valence-corrected chi connectivity index (χ2v) is 5.75. The number of benzene rings is 1. The van der Waals surface area contributed by atoms with Crippen LogP contribution in [0.15, 0.2) is 18.2 Å². The number of hydrogen-bond acceptors (Lipinski definition) is 5. The molecule has 0 radical (unpaired) electrons. The van der Waals surface area contributed by atoms with E-state index < -0.39 is 0 Å². The average Bonchev–Trinajstić information content (AvgIpc) is 2.83. The summed E-state index contributed by atoms with van der Waals surface area (Å²) in [4.78, 5) is 17.7. The van der Waals surface area contributed by atoms with Crippen LogP contribution in [0.2, 0.25) is 0 Å². The van der Waals surface area contributed by atoms with Crippen molar-refractivity contribution in [3.05, 3.63) is 24.0 Å². The number of rotatable bonds is 9. The van der Waals surface area contributed by atoms with E-state index in [4.69, 9.17) is 10.2 Å². The van der Waals surface area contributed by atoms with E-state index in [9.17, 15) is 4.79 Å². The summed E-state index contributed by atoms with van der Waals surface area (Å²) in [7, 11) is 1.98. The maximum atomic E-state index is 11.1. The summed E-state index contributed by atoms with van der Waals surface area (Å²) in [5.74, 6) is 1.17. The fourth-order valence-electron chi connectivity index (χ4n) is 2.77. The van der Waals surface area contributed by atoms with Crippen LogP contribution >= 0.6 is 0 Å². The number of nitrogens with zero attached hydrogens (tertiary/aromatic N) is 3. The summed E-state index contributed by atoms with van der Waals surface area (Å²) < 4.78 is 2.06. The van der Waals surface area contributed by atoms with Gasteiger partial charge in [0.05, 0.1) is 24.2 Å². The molecule has 23 heavy (non-hydrogen) atoms. The van der Waals surface area contributed by atoms with Gasteiger partial charge in [0.15, 0.2) is 0 Å². The lowest BCUT2D eigenvalue weighted by Crippen LogP contribution is -2.29. The van der Waals surface area contributed by atoms with E-state index in [0.717, 1.165) is 35.4 Å². The molecular weight excluding hydrogens is 294 g/mol. The van der Waals surface area contributed by atoms with Crippen LogP contribution in [-0.4, -0.2) is 51.9 Å². The summed E-state index contributed by atoms with van der Waals surface area (Å²) in [5, 5.41) is 18.3. The molecule has 0 amide bonds. The van der Waals surface area contributed by atoms with Crippen LogP contribution in [0.3, 0.4) is 0 Å². The minimum Gasteiger partial charge on any atom is -0.395 e. The fraction of sp³-hybridized carbons (Fsp3) is 0.529. The molecular formula is C17H25N3O3. The van der Waals surface area contributed by atoms with Crippen molar-refractivity contribution < 1.29 is 15.0 Å². The van der Waals surface area contributed by atoms with Gasteiger partial charge in [0.25, 0.3) is 0 Å². The number of aromatic nitrogens is 2. The lowest BCUT2D eigenvalue weighted by atomic mass is 10.2. The molecule has 0 aliphatic carbocycles. The third-order valence-corrected chi connectivity index (χ3v) is 3.99. The number of fused-ring (bicyclic) bond motifs is 1. The largest absolute Gasteiger partial charge is 0.395 e. The number of ketones is 1. The Morgan fingerprint density at radius 2 is 1.96 bits per heavy atom. The molecule has 0 bridgehead atoms. The molecule has 0 aliphatic rings. The van der Waals surface area contributed by atoms with E-state index in [1.807, 2.05) is 30.1 Å². The third kappa shape index (κ3) is 4.30. The number of Topliss-reactive ketones (excluding diaryl/α,β-unsaturated/α-hetero) is 1. The molecule has 0 saturated heterocycles. The summed E-state index contributed by atoms with van der Waals surface area (Å²) in [6.45, 7) is 2.64. The van der Waals surface area contributed by atoms with Crippen molar-refractivity contribution >= 4 is 22.5 Å². The number of aryl methyl sites for hydroxylation is 2. The lowest BCUT2D eigenvalue weighted by molar-refractivity contribution is -0.117. The molecule has 0 unspecified atom stereocenters. The summed E-state index contributed by atoms with van der Waals surface area (Å²) in [5.41, 5.74) is 2.87.